The highest BCUT2D eigenvalue weighted by Gasteiger charge is 2.18. The van der Waals surface area contributed by atoms with Crippen LogP contribution in [0.3, 0.4) is 0 Å². The molecule has 1 aromatic rings. The fourth-order valence-electron chi connectivity index (χ4n) is 3.23. The van der Waals surface area contributed by atoms with Gasteiger partial charge in [0.2, 0.25) is 0 Å². The first kappa shape index (κ1) is 24.4. The van der Waals surface area contributed by atoms with Gasteiger partial charge in [0.15, 0.2) is 0 Å². The number of methoxy groups -OCH3 is 1. The molecular formula is C25H38O3. The lowest BCUT2D eigenvalue weighted by Gasteiger charge is -2.22. The normalized spacial score (nSPS) is 14.8. The van der Waals surface area contributed by atoms with Gasteiger partial charge < -0.3 is 14.2 Å². The highest BCUT2D eigenvalue weighted by molar-refractivity contribution is 5.16. The van der Waals surface area contributed by atoms with Gasteiger partial charge in [-0.1, -0.05) is 62.6 Å². The quantitative estimate of drug-likeness (QED) is 0.180. The molecule has 28 heavy (non-hydrogen) atoms. The van der Waals surface area contributed by atoms with Crippen molar-refractivity contribution < 1.29 is 14.2 Å². The fourth-order valence-corrected chi connectivity index (χ4v) is 3.23. The molecule has 0 saturated carbocycles. The third kappa shape index (κ3) is 10.7. The molecule has 1 aromatic carbocycles. The molecular weight excluding hydrogens is 348 g/mol. The van der Waals surface area contributed by atoms with Crippen molar-refractivity contribution >= 4 is 0 Å². The van der Waals surface area contributed by atoms with Crippen LogP contribution in [0.4, 0.5) is 0 Å². The second-order valence-corrected chi connectivity index (χ2v) is 7.42. The van der Waals surface area contributed by atoms with E-state index >= 15 is 0 Å². The van der Waals surface area contributed by atoms with Crippen LogP contribution in [0.5, 0.6) is 0 Å². The molecule has 3 nitrogen and oxygen atoms in total. The summed E-state index contributed by atoms with van der Waals surface area (Å²) in [4.78, 5) is 0. The summed E-state index contributed by atoms with van der Waals surface area (Å²) in [7, 11) is 1.65. The smallest absolute Gasteiger partial charge is 0.147 e. The largest absolute Gasteiger partial charge is 0.377 e. The van der Waals surface area contributed by atoms with Crippen LogP contribution in [0.25, 0.3) is 0 Å². The van der Waals surface area contributed by atoms with Crippen molar-refractivity contribution in [2.75, 3.05) is 20.5 Å². The zero-order chi connectivity index (χ0) is 20.6. The molecule has 1 rings (SSSR count). The molecule has 0 aromatic heterocycles. The van der Waals surface area contributed by atoms with E-state index in [2.05, 4.69) is 57.7 Å². The van der Waals surface area contributed by atoms with E-state index in [1.54, 1.807) is 7.11 Å². The van der Waals surface area contributed by atoms with Gasteiger partial charge in [0.1, 0.15) is 6.79 Å². The molecule has 0 amide bonds. The van der Waals surface area contributed by atoms with Crippen molar-refractivity contribution in [2.45, 2.75) is 66.1 Å². The Balaban J connectivity index is 2.43. The molecule has 3 atom stereocenters. The fraction of sp³-hybridized carbons (Fsp3) is 0.600. The summed E-state index contributed by atoms with van der Waals surface area (Å²) in [5, 5.41) is 0. The number of rotatable bonds is 13. The highest BCUT2D eigenvalue weighted by atomic mass is 16.7. The Morgan fingerprint density at radius 1 is 1.18 bits per heavy atom. The minimum Gasteiger partial charge on any atom is -0.377 e. The van der Waals surface area contributed by atoms with Crippen LogP contribution < -0.4 is 0 Å². The van der Waals surface area contributed by atoms with Gasteiger partial charge in [-0.2, -0.15) is 0 Å². The Labute approximate surface area is 172 Å². The monoisotopic (exact) mass is 386 g/mol. The molecule has 0 aliphatic heterocycles. The molecule has 156 valence electrons. The van der Waals surface area contributed by atoms with Gasteiger partial charge in [0, 0.05) is 26.1 Å². The summed E-state index contributed by atoms with van der Waals surface area (Å²) in [5.74, 6) is 7.34. The first-order valence-corrected chi connectivity index (χ1v) is 10.5. The molecule has 0 aliphatic carbocycles. The molecule has 0 radical (unpaired) electrons. The van der Waals surface area contributed by atoms with Crippen LogP contribution in [-0.2, 0) is 20.8 Å². The van der Waals surface area contributed by atoms with E-state index in [1.807, 2.05) is 18.2 Å². The van der Waals surface area contributed by atoms with E-state index < -0.39 is 0 Å². The Morgan fingerprint density at radius 3 is 2.61 bits per heavy atom. The van der Waals surface area contributed by atoms with E-state index in [0.717, 1.165) is 19.4 Å². The van der Waals surface area contributed by atoms with Crippen molar-refractivity contribution in [3.63, 3.8) is 0 Å². The maximum Gasteiger partial charge on any atom is 0.147 e. The Bertz CT molecular complexity index is 597. The van der Waals surface area contributed by atoms with Crippen molar-refractivity contribution in [1.82, 2.24) is 0 Å². The highest BCUT2D eigenvalue weighted by Crippen LogP contribution is 2.20. The topological polar surface area (TPSA) is 27.7 Å². The molecule has 0 N–H and O–H groups in total. The van der Waals surface area contributed by atoms with Gasteiger partial charge >= 0.3 is 0 Å². The Hall–Kier alpha value is -1.60. The Morgan fingerprint density at radius 2 is 1.93 bits per heavy atom. The van der Waals surface area contributed by atoms with Crippen LogP contribution >= 0.6 is 0 Å². The summed E-state index contributed by atoms with van der Waals surface area (Å²) in [6, 6.07) is 10.3. The van der Waals surface area contributed by atoms with E-state index in [4.69, 9.17) is 14.2 Å². The third-order valence-electron chi connectivity index (χ3n) is 4.59. The molecule has 0 fully saturated rings. The lowest BCUT2D eigenvalue weighted by Crippen LogP contribution is -2.24. The van der Waals surface area contributed by atoms with Gasteiger partial charge in [-0.3, -0.25) is 0 Å². The number of benzene rings is 1. The predicted molar refractivity (Wildman–Crippen MR) is 117 cm³/mol. The maximum absolute atomic E-state index is 5.92. The average Bonchev–Trinajstić information content (AvgIpc) is 2.68. The molecule has 0 unspecified atom stereocenters. The van der Waals surface area contributed by atoms with Crippen molar-refractivity contribution in [1.29, 1.82) is 0 Å². The third-order valence-corrected chi connectivity index (χ3v) is 4.59. The minimum absolute atomic E-state index is 0.0268. The molecule has 0 saturated heterocycles. The number of hydrogen-bond acceptors (Lipinski definition) is 3. The zero-order valence-corrected chi connectivity index (χ0v) is 18.4. The SMILES string of the molecule is CCC[C@@H](C)/C=C(\C)[C@H](OCOC)[C@H](C)C#CCCCOCc1ccccc1. The van der Waals surface area contributed by atoms with Gasteiger partial charge in [0.25, 0.3) is 0 Å². The summed E-state index contributed by atoms with van der Waals surface area (Å²) in [5.41, 5.74) is 2.45. The lowest BCUT2D eigenvalue weighted by atomic mass is 9.94. The summed E-state index contributed by atoms with van der Waals surface area (Å²) < 4.78 is 16.8. The molecule has 0 spiro atoms. The van der Waals surface area contributed by atoms with Gasteiger partial charge in [-0.15, -0.1) is 5.92 Å². The lowest BCUT2D eigenvalue weighted by molar-refractivity contribution is -0.0683. The standard InChI is InChI=1S/C25H38O3/c1-6-13-21(2)18-23(4)25(28-20-26-5)22(3)14-9-8-12-17-27-19-24-15-10-7-11-16-24/h7,10-11,15-16,18,21-22,25H,6,8,12-13,17,19-20H2,1-5H3/b23-18+/t21-,22-,25-/m1/s1. The second-order valence-electron chi connectivity index (χ2n) is 7.42. The van der Waals surface area contributed by atoms with Crippen LogP contribution in [0.1, 0.15) is 58.9 Å². The van der Waals surface area contributed by atoms with Crippen molar-refractivity contribution in [3.8, 4) is 11.8 Å². The maximum atomic E-state index is 5.92. The van der Waals surface area contributed by atoms with Crippen LogP contribution in [0.2, 0.25) is 0 Å². The average molecular weight is 387 g/mol. The minimum atomic E-state index is -0.0268. The summed E-state index contributed by atoms with van der Waals surface area (Å²) in [6.07, 6.45) is 6.46. The van der Waals surface area contributed by atoms with E-state index in [0.29, 0.717) is 12.5 Å². The van der Waals surface area contributed by atoms with Crippen LogP contribution in [0.15, 0.2) is 42.0 Å². The first-order chi connectivity index (χ1) is 13.6. The number of ether oxygens (including phenoxy) is 3. The zero-order valence-electron chi connectivity index (χ0n) is 18.4. The predicted octanol–water partition coefficient (Wildman–Crippen LogP) is 5.99. The Kier molecular flexibility index (Phi) is 13.4. The summed E-state index contributed by atoms with van der Waals surface area (Å²) >= 11 is 0. The number of unbranched alkanes of at least 4 members (excludes halogenated alkanes) is 1. The van der Waals surface area contributed by atoms with Crippen LogP contribution in [0, 0.1) is 23.7 Å². The van der Waals surface area contributed by atoms with Crippen molar-refractivity contribution in [2.24, 2.45) is 11.8 Å². The van der Waals surface area contributed by atoms with Gasteiger partial charge in [0.05, 0.1) is 12.7 Å². The molecule has 3 heteroatoms. The van der Waals surface area contributed by atoms with Gasteiger partial charge in [-0.25, -0.2) is 0 Å². The molecule has 0 aliphatic rings. The van der Waals surface area contributed by atoms with E-state index in [-0.39, 0.29) is 18.8 Å². The van der Waals surface area contributed by atoms with Gasteiger partial charge in [-0.05, 0) is 43.7 Å². The second kappa shape index (κ2) is 15.3. The van der Waals surface area contributed by atoms with Crippen LogP contribution in [-0.4, -0.2) is 26.6 Å². The first-order valence-electron chi connectivity index (χ1n) is 10.5. The number of allylic oxidation sites excluding steroid dienone is 1. The van der Waals surface area contributed by atoms with E-state index in [9.17, 15) is 0 Å². The number of hydrogen-bond donors (Lipinski definition) is 0. The molecule has 0 heterocycles. The summed E-state index contributed by atoms with van der Waals surface area (Å²) in [6.45, 7) is 10.4. The van der Waals surface area contributed by atoms with Crippen molar-refractivity contribution in [3.05, 3.63) is 47.5 Å². The van der Waals surface area contributed by atoms with E-state index in [1.165, 1.54) is 24.0 Å². The molecule has 0 bridgehead atoms.